The Bertz CT molecular complexity index is 1410. The Balaban J connectivity index is 1.51. The summed E-state index contributed by atoms with van der Waals surface area (Å²) >= 11 is 0. The highest BCUT2D eigenvalue weighted by Gasteiger charge is 2.61. The molecule has 2 aliphatic rings. The van der Waals surface area contributed by atoms with E-state index in [0.717, 1.165) is 25.0 Å². The molecule has 1 aliphatic carbocycles. The van der Waals surface area contributed by atoms with Crippen molar-refractivity contribution in [3.05, 3.63) is 58.9 Å². The molecule has 8 nitrogen and oxygen atoms in total. The van der Waals surface area contributed by atoms with Crippen LogP contribution in [-0.2, 0) is 23.3 Å². The zero-order valence-corrected chi connectivity index (χ0v) is 20.9. The van der Waals surface area contributed by atoms with Gasteiger partial charge in [-0.15, -0.1) is 5.10 Å². The first-order chi connectivity index (χ1) is 18.9. The van der Waals surface area contributed by atoms with Gasteiger partial charge in [0.15, 0.2) is 11.4 Å². The lowest BCUT2D eigenvalue weighted by atomic mass is 9.77. The second-order valence-corrected chi connectivity index (χ2v) is 10.1. The lowest BCUT2D eigenvalue weighted by Crippen LogP contribution is -2.59. The fourth-order valence-electron chi connectivity index (χ4n) is 4.92. The third-order valence-corrected chi connectivity index (χ3v) is 7.12. The van der Waals surface area contributed by atoms with Crippen LogP contribution < -0.4 is 5.32 Å². The number of nitrogens with one attached hydrogen (secondary N) is 2. The first kappa shape index (κ1) is 27.8. The number of aromatic nitrogens is 6. The number of unbranched alkanes of at least 4 members (excludes halogenated alkanes) is 1. The predicted octanol–water partition coefficient (Wildman–Crippen LogP) is 5.11. The molecule has 15 heteroatoms. The standard InChI is InChI=1S/C25H24F7N7O/c26-18-11-14(3-1-2-9-24(27,28)29)6-7-17(18)23(25(30,31)32)12-16(19-8-10-39(36-19)13-15-4-5-15)20(22(40)33-23)21-34-37-38-35-21/h6-8,10-11,15H,1-5,9,12-13H2,(H,33,40)(H,34,35,37,38). The van der Waals surface area contributed by atoms with E-state index in [4.69, 9.17) is 0 Å². The molecule has 3 aromatic rings. The van der Waals surface area contributed by atoms with Crippen LogP contribution in [0, 0.1) is 11.7 Å². The van der Waals surface area contributed by atoms with E-state index in [1.807, 2.05) is 5.32 Å². The quantitative estimate of drug-likeness (QED) is 0.275. The van der Waals surface area contributed by atoms with Crippen LogP contribution in [0.15, 0.2) is 30.5 Å². The van der Waals surface area contributed by atoms with Crippen molar-refractivity contribution < 1.29 is 35.5 Å². The number of benzene rings is 1. The Kier molecular flexibility index (Phi) is 7.17. The van der Waals surface area contributed by atoms with Crippen molar-refractivity contribution in [2.75, 3.05) is 0 Å². The number of tetrazole rings is 1. The molecule has 5 rings (SSSR count). The SMILES string of the molecule is O=C1NC(c2ccc(CCCCC(F)(F)F)cc2F)(C(F)(F)F)CC(c2ccn(CC3CC3)n2)=C1c1nnn[nH]1. The van der Waals surface area contributed by atoms with E-state index in [2.05, 4.69) is 25.7 Å². The van der Waals surface area contributed by atoms with Gasteiger partial charge in [-0.25, -0.2) is 9.49 Å². The molecule has 2 aromatic heterocycles. The average molecular weight is 572 g/mol. The number of H-pyrrole nitrogens is 1. The van der Waals surface area contributed by atoms with Crippen molar-refractivity contribution in [3.8, 4) is 0 Å². The van der Waals surface area contributed by atoms with Crippen molar-refractivity contribution in [1.82, 2.24) is 35.7 Å². The smallest absolute Gasteiger partial charge is 0.334 e. The fourth-order valence-corrected chi connectivity index (χ4v) is 4.92. The number of alkyl halides is 6. The molecule has 1 fully saturated rings. The maximum absolute atomic E-state index is 15.4. The number of rotatable bonds is 9. The highest BCUT2D eigenvalue weighted by atomic mass is 19.4. The van der Waals surface area contributed by atoms with Crippen molar-refractivity contribution in [3.63, 3.8) is 0 Å². The molecular formula is C25H24F7N7O. The maximum Gasteiger partial charge on any atom is 0.416 e. The maximum atomic E-state index is 15.4. The van der Waals surface area contributed by atoms with E-state index in [0.29, 0.717) is 12.5 Å². The highest BCUT2D eigenvalue weighted by Crippen LogP contribution is 2.50. The minimum absolute atomic E-state index is 0.0465. The molecule has 1 atom stereocenters. The number of hydrogen-bond acceptors (Lipinski definition) is 5. The number of carbonyl (C=O) groups is 1. The lowest BCUT2D eigenvalue weighted by molar-refractivity contribution is -0.202. The van der Waals surface area contributed by atoms with Gasteiger partial charge in [0.2, 0.25) is 0 Å². The topological polar surface area (TPSA) is 101 Å². The van der Waals surface area contributed by atoms with Gasteiger partial charge >= 0.3 is 12.4 Å². The van der Waals surface area contributed by atoms with E-state index >= 15 is 4.39 Å². The Morgan fingerprint density at radius 3 is 2.48 bits per heavy atom. The van der Waals surface area contributed by atoms with Crippen LogP contribution in [0.5, 0.6) is 0 Å². The molecule has 0 spiro atoms. The van der Waals surface area contributed by atoms with Crippen LogP contribution >= 0.6 is 0 Å². The van der Waals surface area contributed by atoms with E-state index in [1.54, 1.807) is 10.9 Å². The second-order valence-electron chi connectivity index (χ2n) is 10.1. The van der Waals surface area contributed by atoms with Gasteiger partial charge in [-0.3, -0.25) is 9.48 Å². The largest absolute Gasteiger partial charge is 0.416 e. The molecule has 1 saturated carbocycles. The van der Waals surface area contributed by atoms with E-state index in [-0.39, 0.29) is 47.5 Å². The fraction of sp³-hybridized carbons (Fsp3) is 0.480. The Hall–Kier alpha value is -3.78. The molecule has 1 unspecified atom stereocenters. The summed E-state index contributed by atoms with van der Waals surface area (Å²) in [6.45, 7) is 0.572. The number of amides is 1. The summed E-state index contributed by atoms with van der Waals surface area (Å²) < 4.78 is 98.7. The van der Waals surface area contributed by atoms with E-state index in [9.17, 15) is 31.1 Å². The third-order valence-electron chi connectivity index (χ3n) is 7.12. The minimum atomic E-state index is -5.15. The zero-order chi connectivity index (χ0) is 28.7. The Morgan fingerprint density at radius 2 is 1.85 bits per heavy atom. The van der Waals surface area contributed by atoms with Gasteiger partial charge in [0, 0.05) is 31.1 Å². The van der Waals surface area contributed by atoms with Gasteiger partial charge in [-0.2, -0.15) is 31.4 Å². The molecule has 1 aromatic carbocycles. The molecule has 2 N–H and O–H groups in total. The van der Waals surface area contributed by atoms with Gasteiger partial charge in [0.05, 0.1) is 11.3 Å². The van der Waals surface area contributed by atoms with Crippen molar-refractivity contribution in [1.29, 1.82) is 0 Å². The number of aryl methyl sites for hydroxylation is 1. The van der Waals surface area contributed by atoms with Gasteiger partial charge in [-0.1, -0.05) is 12.1 Å². The Labute approximate surface area is 223 Å². The summed E-state index contributed by atoms with van der Waals surface area (Å²) in [7, 11) is 0. The summed E-state index contributed by atoms with van der Waals surface area (Å²) in [5, 5.41) is 19.3. The van der Waals surface area contributed by atoms with Crippen LogP contribution in [0.4, 0.5) is 30.7 Å². The monoisotopic (exact) mass is 571 g/mol. The lowest BCUT2D eigenvalue weighted by Gasteiger charge is -2.41. The second kappa shape index (κ2) is 10.3. The number of hydrogen-bond donors (Lipinski definition) is 2. The summed E-state index contributed by atoms with van der Waals surface area (Å²) in [6, 6.07) is 4.51. The first-order valence-corrected chi connectivity index (χ1v) is 12.6. The molecule has 0 saturated heterocycles. The van der Waals surface area contributed by atoms with Crippen molar-refractivity contribution >= 4 is 17.1 Å². The number of halogens is 7. The summed E-state index contributed by atoms with van der Waals surface area (Å²) in [5.74, 6) is -2.17. The van der Waals surface area contributed by atoms with Gasteiger partial charge in [0.25, 0.3) is 5.91 Å². The molecule has 3 heterocycles. The summed E-state index contributed by atoms with van der Waals surface area (Å²) in [6.07, 6.45) is -7.82. The zero-order valence-electron chi connectivity index (χ0n) is 20.9. The van der Waals surface area contributed by atoms with Gasteiger partial charge in [-0.05, 0) is 71.7 Å². The number of aromatic amines is 1. The predicted molar refractivity (Wildman–Crippen MR) is 126 cm³/mol. The number of carbonyl (C=O) groups excluding carboxylic acids is 1. The minimum Gasteiger partial charge on any atom is -0.334 e. The van der Waals surface area contributed by atoms with Crippen LogP contribution in [-0.4, -0.2) is 48.7 Å². The van der Waals surface area contributed by atoms with Crippen LogP contribution in [0.1, 0.15) is 61.2 Å². The molecule has 214 valence electrons. The van der Waals surface area contributed by atoms with Crippen molar-refractivity contribution in [2.24, 2.45) is 5.92 Å². The van der Waals surface area contributed by atoms with Crippen LogP contribution in [0.2, 0.25) is 0 Å². The third kappa shape index (κ3) is 5.72. The molecule has 1 amide bonds. The van der Waals surface area contributed by atoms with E-state index in [1.165, 1.54) is 12.1 Å². The molecular weight excluding hydrogens is 547 g/mol. The highest BCUT2D eigenvalue weighted by molar-refractivity contribution is 6.27. The van der Waals surface area contributed by atoms with Crippen molar-refractivity contribution in [2.45, 2.75) is 69.4 Å². The summed E-state index contributed by atoms with van der Waals surface area (Å²) in [5.41, 5.74) is -4.01. The van der Waals surface area contributed by atoms with Gasteiger partial charge in [0.1, 0.15) is 5.82 Å². The molecule has 40 heavy (non-hydrogen) atoms. The Morgan fingerprint density at radius 1 is 1.07 bits per heavy atom. The van der Waals surface area contributed by atoms with Crippen LogP contribution in [0.25, 0.3) is 11.1 Å². The summed E-state index contributed by atoms with van der Waals surface area (Å²) in [4.78, 5) is 13.3. The number of nitrogens with zero attached hydrogens (tertiary/aromatic N) is 5. The van der Waals surface area contributed by atoms with Gasteiger partial charge < -0.3 is 5.32 Å². The molecule has 1 aliphatic heterocycles. The first-order valence-electron chi connectivity index (χ1n) is 12.6. The van der Waals surface area contributed by atoms with E-state index < -0.39 is 48.0 Å². The molecule has 0 radical (unpaired) electrons. The average Bonchev–Trinajstić information content (AvgIpc) is 3.30. The normalized spacial score (nSPS) is 20.2. The molecule has 0 bridgehead atoms. The van der Waals surface area contributed by atoms with Crippen LogP contribution in [0.3, 0.4) is 0 Å².